The fraction of sp³-hybridized carbons (Fsp3) is 0.263. The number of aryl methyl sites for hydroxylation is 2. The van der Waals surface area contributed by atoms with E-state index in [1.165, 1.54) is 0 Å². The number of carbonyl (C=O) groups is 1. The Labute approximate surface area is 150 Å². The molecule has 0 spiro atoms. The van der Waals surface area contributed by atoms with E-state index in [9.17, 15) is 9.59 Å². The third-order valence-corrected chi connectivity index (χ3v) is 4.42. The molecule has 7 heteroatoms. The van der Waals surface area contributed by atoms with Gasteiger partial charge in [-0.2, -0.15) is 0 Å². The number of amides is 1. The molecular weight excluding hydrogens is 332 g/mol. The molecule has 0 fully saturated rings. The van der Waals surface area contributed by atoms with E-state index in [1.807, 2.05) is 37.3 Å². The van der Waals surface area contributed by atoms with E-state index < -0.39 is 5.91 Å². The van der Waals surface area contributed by atoms with Crippen LogP contribution in [0, 0.1) is 13.8 Å². The summed E-state index contributed by atoms with van der Waals surface area (Å²) in [7, 11) is 0. The van der Waals surface area contributed by atoms with Gasteiger partial charge in [0.2, 0.25) is 0 Å². The average Bonchev–Trinajstić information content (AvgIpc) is 3.05. The molecule has 1 aromatic carbocycles. The fourth-order valence-corrected chi connectivity index (χ4v) is 2.78. The summed E-state index contributed by atoms with van der Waals surface area (Å²) in [6.07, 6.45) is 1.72. The van der Waals surface area contributed by atoms with Crippen molar-refractivity contribution < 1.29 is 9.42 Å². The molecule has 1 N–H and O–H groups in total. The van der Waals surface area contributed by atoms with Crippen molar-refractivity contribution in [1.29, 1.82) is 0 Å². The summed E-state index contributed by atoms with van der Waals surface area (Å²) in [4.78, 5) is 25.5. The maximum atomic E-state index is 12.9. The van der Waals surface area contributed by atoms with Crippen LogP contribution in [-0.4, -0.2) is 20.8 Å². The first kappa shape index (κ1) is 17.6. The van der Waals surface area contributed by atoms with Crippen molar-refractivity contribution in [2.45, 2.75) is 33.4 Å². The van der Waals surface area contributed by atoms with Crippen molar-refractivity contribution in [2.75, 3.05) is 0 Å². The molecule has 26 heavy (non-hydrogen) atoms. The summed E-state index contributed by atoms with van der Waals surface area (Å²) >= 11 is 0. The van der Waals surface area contributed by atoms with Gasteiger partial charge in [-0.05, 0) is 38.0 Å². The van der Waals surface area contributed by atoms with E-state index in [1.54, 1.807) is 30.7 Å². The number of nitrogens with one attached hydrogen (secondary N) is 1. The number of nitrogens with zero attached hydrogens (tertiary/aromatic N) is 3. The number of carbonyl (C=O) groups excluding carboxylic acids is 1. The molecule has 7 nitrogen and oxygen atoms in total. The normalized spacial score (nSPS) is 12.0. The molecule has 1 amide bonds. The lowest BCUT2D eigenvalue weighted by Crippen LogP contribution is -2.35. The minimum Gasteiger partial charge on any atom is -0.346 e. The Morgan fingerprint density at radius 1 is 1.19 bits per heavy atom. The van der Waals surface area contributed by atoms with Crippen LogP contribution in [0.5, 0.6) is 0 Å². The Kier molecular flexibility index (Phi) is 4.97. The maximum Gasteiger partial charge on any atom is 0.264 e. The lowest BCUT2D eigenvalue weighted by Gasteiger charge is -2.17. The standard InChI is InChI=1S/C19H20N4O3/c1-12-9-10-23(14(3)15-7-5-4-6-8-15)19(25)17(12)18(24)20-11-16-13(2)21-26-22-16/h4-10,14H,11H2,1-3H3,(H,20,24). The van der Waals surface area contributed by atoms with E-state index in [2.05, 4.69) is 20.3 Å². The van der Waals surface area contributed by atoms with Gasteiger partial charge < -0.3 is 9.88 Å². The lowest BCUT2D eigenvalue weighted by molar-refractivity contribution is 0.0947. The zero-order valence-electron chi connectivity index (χ0n) is 14.9. The van der Waals surface area contributed by atoms with E-state index in [4.69, 9.17) is 0 Å². The molecule has 2 heterocycles. The highest BCUT2D eigenvalue weighted by atomic mass is 16.6. The average molecular weight is 352 g/mol. The van der Waals surface area contributed by atoms with Crippen molar-refractivity contribution in [2.24, 2.45) is 0 Å². The van der Waals surface area contributed by atoms with Gasteiger partial charge in [-0.3, -0.25) is 9.59 Å². The Hall–Kier alpha value is -3.22. The summed E-state index contributed by atoms with van der Waals surface area (Å²) in [5, 5.41) is 10.1. The molecule has 0 saturated carbocycles. The van der Waals surface area contributed by atoms with Crippen molar-refractivity contribution in [1.82, 2.24) is 20.2 Å². The second-order valence-electron chi connectivity index (χ2n) is 6.15. The van der Waals surface area contributed by atoms with Crippen LogP contribution < -0.4 is 10.9 Å². The molecule has 0 radical (unpaired) electrons. The third kappa shape index (κ3) is 3.42. The van der Waals surface area contributed by atoms with Gasteiger partial charge in [-0.25, -0.2) is 4.63 Å². The van der Waals surface area contributed by atoms with Crippen LogP contribution in [0.4, 0.5) is 0 Å². The number of aromatic nitrogens is 3. The monoisotopic (exact) mass is 352 g/mol. The van der Waals surface area contributed by atoms with Gasteiger partial charge in [-0.1, -0.05) is 40.6 Å². The van der Waals surface area contributed by atoms with Crippen molar-refractivity contribution >= 4 is 5.91 Å². The molecule has 0 aliphatic rings. The predicted octanol–water partition coefficient (Wildman–Crippen LogP) is 2.39. The first-order valence-corrected chi connectivity index (χ1v) is 8.32. The second kappa shape index (κ2) is 7.35. The van der Waals surface area contributed by atoms with Gasteiger partial charge in [0.15, 0.2) is 0 Å². The first-order chi connectivity index (χ1) is 12.5. The van der Waals surface area contributed by atoms with Crippen molar-refractivity contribution in [3.63, 3.8) is 0 Å². The minimum atomic E-state index is -0.440. The molecule has 3 aromatic rings. The molecule has 0 bridgehead atoms. The first-order valence-electron chi connectivity index (χ1n) is 8.32. The molecular formula is C19H20N4O3. The summed E-state index contributed by atoms with van der Waals surface area (Å²) in [5.41, 5.74) is 2.56. The van der Waals surface area contributed by atoms with Gasteiger partial charge in [0.25, 0.3) is 11.5 Å². The smallest absolute Gasteiger partial charge is 0.264 e. The van der Waals surface area contributed by atoms with E-state index in [0.29, 0.717) is 17.0 Å². The van der Waals surface area contributed by atoms with E-state index >= 15 is 0 Å². The minimum absolute atomic E-state index is 0.129. The molecule has 0 aliphatic heterocycles. The Morgan fingerprint density at radius 3 is 2.58 bits per heavy atom. The molecule has 134 valence electrons. The van der Waals surface area contributed by atoms with E-state index in [-0.39, 0.29) is 23.7 Å². The Bertz CT molecular complexity index is 976. The molecule has 1 atom stereocenters. The Morgan fingerprint density at radius 2 is 1.92 bits per heavy atom. The summed E-state index contributed by atoms with van der Waals surface area (Å²) < 4.78 is 6.18. The molecule has 3 rings (SSSR count). The van der Waals surface area contributed by atoms with Crippen LogP contribution in [0.1, 0.15) is 45.8 Å². The zero-order valence-corrected chi connectivity index (χ0v) is 14.9. The van der Waals surface area contributed by atoms with Crippen LogP contribution in [0.15, 0.2) is 52.0 Å². The number of benzene rings is 1. The van der Waals surface area contributed by atoms with Gasteiger partial charge >= 0.3 is 0 Å². The quantitative estimate of drug-likeness (QED) is 0.761. The van der Waals surface area contributed by atoms with Crippen LogP contribution in [0.25, 0.3) is 0 Å². The van der Waals surface area contributed by atoms with Crippen LogP contribution >= 0.6 is 0 Å². The SMILES string of the molecule is Cc1ccn(C(C)c2ccccc2)c(=O)c1C(=O)NCc1nonc1C. The van der Waals surface area contributed by atoms with E-state index in [0.717, 1.165) is 5.56 Å². The topological polar surface area (TPSA) is 90.0 Å². The number of rotatable bonds is 5. The van der Waals surface area contributed by atoms with Gasteiger partial charge in [-0.15, -0.1) is 0 Å². The summed E-state index contributed by atoms with van der Waals surface area (Å²) in [6.45, 7) is 5.56. The summed E-state index contributed by atoms with van der Waals surface area (Å²) in [5.74, 6) is -0.440. The molecule has 1 unspecified atom stereocenters. The highest BCUT2D eigenvalue weighted by Crippen LogP contribution is 2.16. The third-order valence-electron chi connectivity index (χ3n) is 4.42. The zero-order chi connectivity index (χ0) is 18.7. The molecule has 2 aromatic heterocycles. The number of pyridine rings is 1. The summed E-state index contributed by atoms with van der Waals surface area (Å²) in [6, 6.07) is 11.3. The number of hydrogen-bond donors (Lipinski definition) is 1. The van der Waals surface area contributed by atoms with Crippen molar-refractivity contribution in [3.05, 3.63) is 81.0 Å². The molecule has 0 aliphatic carbocycles. The maximum absolute atomic E-state index is 12.9. The Balaban J connectivity index is 1.89. The molecule has 0 saturated heterocycles. The van der Waals surface area contributed by atoms with Gasteiger partial charge in [0.1, 0.15) is 17.0 Å². The highest BCUT2D eigenvalue weighted by Gasteiger charge is 2.19. The van der Waals surface area contributed by atoms with Crippen molar-refractivity contribution in [3.8, 4) is 0 Å². The van der Waals surface area contributed by atoms with Crippen LogP contribution in [-0.2, 0) is 6.54 Å². The number of hydrogen-bond acceptors (Lipinski definition) is 5. The fourth-order valence-electron chi connectivity index (χ4n) is 2.78. The predicted molar refractivity (Wildman–Crippen MR) is 95.9 cm³/mol. The van der Waals surface area contributed by atoms with Gasteiger partial charge in [0, 0.05) is 6.20 Å². The highest BCUT2D eigenvalue weighted by molar-refractivity contribution is 5.95. The second-order valence-corrected chi connectivity index (χ2v) is 6.15. The van der Waals surface area contributed by atoms with Crippen LogP contribution in [0.3, 0.4) is 0 Å². The van der Waals surface area contributed by atoms with Crippen LogP contribution in [0.2, 0.25) is 0 Å². The van der Waals surface area contributed by atoms with Gasteiger partial charge in [0.05, 0.1) is 12.6 Å². The largest absolute Gasteiger partial charge is 0.346 e. The lowest BCUT2D eigenvalue weighted by atomic mass is 10.1.